The predicted octanol–water partition coefficient (Wildman–Crippen LogP) is 1.82. The quantitative estimate of drug-likeness (QED) is 0.642. The van der Waals surface area contributed by atoms with Gasteiger partial charge >= 0.3 is 0 Å². The van der Waals surface area contributed by atoms with Gasteiger partial charge in [0.05, 0.1) is 19.3 Å². The third-order valence-corrected chi connectivity index (χ3v) is 1.74. The zero-order valence-corrected chi connectivity index (χ0v) is 7.84. The molecule has 1 atom stereocenters. The van der Waals surface area contributed by atoms with E-state index in [4.69, 9.17) is 9.84 Å². The lowest BCUT2D eigenvalue weighted by Gasteiger charge is -2.20. The van der Waals surface area contributed by atoms with Crippen LogP contribution in [0, 0.1) is 5.92 Å². The highest BCUT2D eigenvalue weighted by Gasteiger charge is 2.11. The Bertz CT molecular complexity index is 81.6. The topological polar surface area (TPSA) is 29.5 Å². The van der Waals surface area contributed by atoms with Gasteiger partial charge in [0, 0.05) is 0 Å². The lowest BCUT2D eigenvalue weighted by molar-refractivity contribution is -0.00177. The highest BCUT2D eigenvalue weighted by molar-refractivity contribution is 4.61. The van der Waals surface area contributed by atoms with Crippen LogP contribution in [0.2, 0.25) is 0 Å². The van der Waals surface area contributed by atoms with Crippen molar-refractivity contribution in [3.05, 3.63) is 0 Å². The SMILES string of the molecule is CCCC(OCCO)C(C)C. The number of aliphatic hydroxyl groups excluding tert-OH is 1. The van der Waals surface area contributed by atoms with Gasteiger partial charge in [0.25, 0.3) is 0 Å². The highest BCUT2D eigenvalue weighted by atomic mass is 16.5. The smallest absolute Gasteiger partial charge is 0.0701 e. The van der Waals surface area contributed by atoms with Crippen molar-refractivity contribution in [3.8, 4) is 0 Å². The van der Waals surface area contributed by atoms with Gasteiger partial charge in [-0.05, 0) is 12.3 Å². The molecule has 0 saturated carbocycles. The van der Waals surface area contributed by atoms with Crippen molar-refractivity contribution in [3.63, 3.8) is 0 Å². The molecule has 0 rings (SSSR count). The van der Waals surface area contributed by atoms with Gasteiger partial charge in [0.2, 0.25) is 0 Å². The van der Waals surface area contributed by atoms with E-state index in [1.165, 1.54) is 0 Å². The molecule has 0 spiro atoms. The lowest BCUT2D eigenvalue weighted by atomic mass is 10.0. The van der Waals surface area contributed by atoms with E-state index >= 15 is 0 Å². The van der Waals surface area contributed by atoms with Crippen molar-refractivity contribution in [1.29, 1.82) is 0 Å². The van der Waals surface area contributed by atoms with Crippen LogP contribution in [0.1, 0.15) is 33.6 Å². The number of rotatable bonds is 6. The van der Waals surface area contributed by atoms with Gasteiger partial charge in [0.15, 0.2) is 0 Å². The molecule has 0 aromatic rings. The summed E-state index contributed by atoms with van der Waals surface area (Å²) in [5.41, 5.74) is 0. The van der Waals surface area contributed by atoms with Crippen LogP contribution in [0.5, 0.6) is 0 Å². The van der Waals surface area contributed by atoms with E-state index in [1.807, 2.05) is 0 Å². The molecule has 0 aliphatic heterocycles. The fourth-order valence-corrected chi connectivity index (χ4v) is 1.10. The van der Waals surface area contributed by atoms with Gasteiger partial charge in [-0.1, -0.05) is 27.2 Å². The Morgan fingerprint density at radius 1 is 1.36 bits per heavy atom. The summed E-state index contributed by atoms with van der Waals surface area (Å²) in [6.45, 7) is 7.06. The Hall–Kier alpha value is -0.0800. The van der Waals surface area contributed by atoms with Gasteiger partial charge in [-0.3, -0.25) is 0 Å². The first kappa shape index (κ1) is 10.9. The Kier molecular flexibility index (Phi) is 6.57. The number of hydrogen-bond acceptors (Lipinski definition) is 2. The summed E-state index contributed by atoms with van der Waals surface area (Å²) >= 11 is 0. The molecule has 11 heavy (non-hydrogen) atoms. The van der Waals surface area contributed by atoms with Gasteiger partial charge in [0.1, 0.15) is 0 Å². The second-order valence-electron chi connectivity index (χ2n) is 3.17. The molecule has 0 fully saturated rings. The minimum absolute atomic E-state index is 0.132. The van der Waals surface area contributed by atoms with E-state index in [0.29, 0.717) is 18.6 Å². The summed E-state index contributed by atoms with van der Waals surface area (Å²) in [7, 11) is 0. The molecule has 0 aromatic heterocycles. The summed E-state index contributed by atoms with van der Waals surface area (Å²) in [6, 6.07) is 0. The van der Waals surface area contributed by atoms with Crippen molar-refractivity contribution < 1.29 is 9.84 Å². The maximum atomic E-state index is 8.54. The molecule has 1 N–H and O–H groups in total. The first-order chi connectivity index (χ1) is 5.22. The Morgan fingerprint density at radius 3 is 2.36 bits per heavy atom. The maximum absolute atomic E-state index is 8.54. The second-order valence-corrected chi connectivity index (χ2v) is 3.17. The van der Waals surface area contributed by atoms with E-state index in [9.17, 15) is 0 Å². The summed E-state index contributed by atoms with van der Waals surface area (Å²) in [5.74, 6) is 0.557. The fourth-order valence-electron chi connectivity index (χ4n) is 1.10. The Balaban J connectivity index is 3.51. The van der Waals surface area contributed by atoms with Crippen LogP contribution < -0.4 is 0 Å². The molecule has 0 amide bonds. The first-order valence-corrected chi connectivity index (χ1v) is 4.44. The van der Waals surface area contributed by atoms with Crippen molar-refractivity contribution in [2.24, 2.45) is 5.92 Å². The van der Waals surface area contributed by atoms with Crippen LogP contribution in [0.3, 0.4) is 0 Å². The van der Waals surface area contributed by atoms with Gasteiger partial charge in [-0.2, -0.15) is 0 Å². The van der Waals surface area contributed by atoms with E-state index in [-0.39, 0.29) is 6.61 Å². The largest absolute Gasteiger partial charge is 0.394 e. The average molecular weight is 160 g/mol. The maximum Gasteiger partial charge on any atom is 0.0701 e. The van der Waals surface area contributed by atoms with E-state index in [2.05, 4.69) is 20.8 Å². The predicted molar refractivity (Wildman–Crippen MR) is 46.6 cm³/mol. The van der Waals surface area contributed by atoms with Gasteiger partial charge in [-0.15, -0.1) is 0 Å². The molecule has 2 heteroatoms. The normalized spacial score (nSPS) is 13.9. The van der Waals surface area contributed by atoms with Crippen LogP contribution in [0.25, 0.3) is 0 Å². The molecule has 0 aliphatic carbocycles. The zero-order valence-electron chi connectivity index (χ0n) is 7.84. The first-order valence-electron chi connectivity index (χ1n) is 4.44. The summed E-state index contributed by atoms with van der Waals surface area (Å²) < 4.78 is 5.44. The van der Waals surface area contributed by atoms with Gasteiger partial charge in [-0.25, -0.2) is 0 Å². The number of aliphatic hydroxyl groups is 1. The zero-order chi connectivity index (χ0) is 8.69. The molecule has 0 radical (unpaired) electrons. The van der Waals surface area contributed by atoms with Crippen molar-refractivity contribution >= 4 is 0 Å². The molecule has 2 nitrogen and oxygen atoms in total. The molecule has 0 aliphatic rings. The molecular formula is C9H20O2. The van der Waals surface area contributed by atoms with Gasteiger partial charge < -0.3 is 9.84 Å². The molecule has 0 aromatic carbocycles. The molecule has 68 valence electrons. The third kappa shape index (κ3) is 5.22. The van der Waals surface area contributed by atoms with Crippen molar-refractivity contribution in [2.75, 3.05) is 13.2 Å². The molecule has 0 bridgehead atoms. The highest BCUT2D eigenvalue weighted by Crippen LogP contribution is 2.12. The Morgan fingerprint density at radius 2 is 2.00 bits per heavy atom. The monoisotopic (exact) mass is 160 g/mol. The lowest BCUT2D eigenvalue weighted by Crippen LogP contribution is -2.21. The van der Waals surface area contributed by atoms with Crippen LogP contribution in [-0.2, 0) is 4.74 Å². The minimum atomic E-state index is 0.132. The van der Waals surface area contributed by atoms with Crippen LogP contribution in [-0.4, -0.2) is 24.4 Å². The van der Waals surface area contributed by atoms with E-state index in [0.717, 1.165) is 12.8 Å². The third-order valence-electron chi connectivity index (χ3n) is 1.74. The van der Waals surface area contributed by atoms with Crippen LogP contribution >= 0.6 is 0 Å². The molecular weight excluding hydrogens is 140 g/mol. The standard InChI is InChI=1S/C9H20O2/c1-4-5-9(8(2)3)11-7-6-10/h8-10H,4-7H2,1-3H3. The Labute approximate surface area is 69.6 Å². The number of ether oxygens (including phenoxy) is 1. The molecule has 1 unspecified atom stereocenters. The average Bonchev–Trinajstić information content (AvgIpc) is 1.97. The van der Waals surface area contributed by atoms with Crippen molar-refractivity contribution in [2.45, 2.75) is 39.7 Å². The summed E-state index contributed by atoms with van der Waals surface area (Å²) in [5, 5.41) is 8.54. The van der Waals surface area contributed by atoms with Crippen LogP contribution in [0.4, 0.5) is 0 Å². The minimum Gasteiger partial charge on any atom is -0.394 e. The second kappa shape index (κ2) is 6.62. The van der Waals surface area contributed by atoms with E-state index in [1.54, 1.807) is 0 Å². The molecule has 0 saturated heterocycles. The summed E-state index contributed by atoms with van der Waals surface area (Å²) in [6.07, 6.45) is 2.57. The van der Waals surface area contributed by atoms with Crippen LogP contribution in [0.15, 0.2) is 0 Å². The summed E-state index contributed by atoms with van der Waals surface area (Å²) in [4.78, 5) is 0. The van der Waals surface area contributed by atoms with Crippen molar-refractivity contribution in [1.82, 2.24) is 0 Å². The van der Waals surface area contributed by atoms with E-state index < -0.39 is 0 Å². The molecule has 0 heterocycles. The fraction of sp³-hybridized carbons (Fsp3) is 1.00. The number of hydrogen-bond donors (Lipinski definition) is 1.